The second kappa shape index (κ2) is 6.84. The highest BCUT2D eigenvalue weighted by Gasteiger charge is 2.05. The molecule has 0 aliphatic rings. The molecule has 0 radical (unpaired) electrons. The van der Waals surface area contributed by atoms with Crippen LogP contribution < -0.4 is 0 Å². The van der Waals surface area contributed by atoms with E-state index in [1.165, 1.54) is 9.77 Å². The Balaban J connectivity index is 1.69. The van der Waals surface area contributed by atoms with Crippen molar-refractivity contribution < 1.29 is 5.11 Å². The van der Waals surface area contributed by atoms with Crippen molar-refractivity contribution >= 4 is 23.1 Å². The van der Waals surface area contributed by atoms with Crippen LogP contribution in [0.3, 0.4) is 0 Å². The van der Waals surface area contributed by atoms with E-state index in [1.807, 2.05) is 18.2 Å². The standard InChI is InChI=1S/C14H16OS2/c15-12(8-9-14-7-4-10-16-14)11-17-13-5-2-1-3-6-13/h1-7,10,12,15H,8-9,11H2. The fourth-order valence-corrected chi connectivity index (χ4v) is 3.18. The minimum absolute atomic E-state index is 0.220. The molecule has 2 rings (SSSR count). The third-order valence-corrected chi connectivity index (χ3v) is 4.58. The molecule has 3 heteroatoms. The summed E-state index contributed by atoms with van der Waals surface area (Å²) in [4.78, 5) is 2.58. The molecule has 0 saturated carbocycles. The van der Waals surface area contributed by atoms with Gasteiger partial charge in [0.25, 0.3) is 0 Å². The predicted molar refractivity (Wildman–Crippen MR) is 75.8 cm³/mol. The third-order valence-electron chi connectivity index (χ3n) is 2.49. The molecule has 2 aromatic rings. The van der Waals surface area contributed by atoms with Gasteiger partial charge in [0.1, 0.15) is 0 Å². The summed E-state index contributed by atoms with van der Waals surface area (Å²) in [6.45, 7) is 0. The van der Waals surface area contributed by atoms with Crippen LogP contribution in [0.2, 0.25) is 0 Å². The van der Waals surface area contributed by atoms with Crippen LogP contribution >= 0.6 is 23.1 Å². The zero-order valence-corrected chi connectivity index (χ0v) is 11.2. The summed E-state index contributed by atoms with van der Waals surface area (Å²) in [7, 11) is 0. The molecule has 1 atom stereocenters. The number of aryl methyl sites for hydroxylation is 1. The molecular formula is C14H16OS2. The molecule has 0 saturated heterocycles. The smallest absolute Gasteiger partial charge is 0.0637 e. The average molecular weight is 264 g/mol. The summed E-state index contributed by atoms with van der Waals surface area (Å²) in [5, 5.41) is 12.0. The molecule has 1 heterocycles. The zero-order valence-electron chi connectivity index (χ0n) is 9.58. The largest absolute Gasteiger partial charge is 0.392 e. The fraction of sp³-hybridized carbons (Fsp3) is 0.286. The van der Waals surface area contributed by atoms with Crippen LogP contribution in [0.5, 0.6) is 0 Å². The van der Waals surface area contributed by atoms with Crippen molar-refractivity contribution in [1.29, 1.82) is 0 Å². The Bertz CT molecular complexity index is 411. The van der Waals surface area contributed by atoms with Gasteiger partial charge in [-0.3, -0.25) is 0 Å². The summed E-state index contributed by atoms with van der Waals surface area (Å²) < 4.78 is 0. The molecule has 0 aliphatic heterocycles. The van der Waals surface area contributed by atoms with Gasteiger partial charge in [0.05, 0.1) is 6.10 Å². The van der Waals surface area contributed by atoms with Crippen molar-refractivity contribution in [2.75, 3.05) is 5.75 Å². The minimum atomic E-state index is -0.220. The number of rotatable bonds is 6. The van der Waals surface area contributed by atoms with Gasteiger partial charge in [0.15, 0.2) is 0 Å². The summed E-state index contributed by atoms with van der Waals surface area (Å²) >= 11 is 3.48. The van der Waals surface area contributed by atoms with E-state index in [1.54, 1.807) is 23.1 Å². The van der Waals surface area contributed by atoms with Crippen LogP contribution in [0.4, 0.5) is 0 Å². The van der Waals surface area contributed by atoms with Gasteiger partial charge in [-0.25, -0.2) is 0 Å². The topological polar surface area (TPSA) is 20.2 Å². The molecule has 17 heavy (non-hydrogen) atoms. The number of benzene rings is 1. The van der Waals surface area contributed by atoms with E-state index in [0.717, 1.165) is 18.6 Å². The van der Waals surface area contributed by atoms with E-state index < -0.39 is 0 Å². The van der Waals surface area contributed by atoms with Crippen molar-refractivity contribution in [3.63, 3.8) is 0 Å². The molecule has 1 aromatic heterocycles. The van der Waals surface area contributed by atoms with Crippen molar-refractivity contribution in [2.24, 2.45) is 0 Å². The molecule has 0 spiro atoms. The number of aliphatic hydroxyl groups excluding tert-OH is 1. The lowest BCUT2D eigenvalue weighted by molar-refractivity contribution is 0.190. The number of hydrogen-bond acceptors (Lipinski definition) is 3. The highest BCUT2D eigenvalue weighted by Crippen LogP contribution is 2.20. The molecule has 0 amide bonds. The third kappa shape index (κ3) is 4.54. The van der Waals surface area contributed by atoms with Crippen molar-refractivity contribution in [2.45, 2.75) is 23.8 Å². The quantitative estimate of drug-likeness (QED) is 0.800. The van der Waals surface area contributed by atoms with Crippen LogP contribution in [0.25, 0.3) is 0 Å². The maximum atomic E-state index is 9.89. The Morgan fingerprint density at radius 2 is 1.94 bits per heavy atom. The maximum absolute atomic E-state index is 9.89. The minimum Gasteiger partial charge on any atom is -0.392 e. The lowest BCUT2D eigenvalue weighted by Gasteiger charge is -2.09. The summed E-state index contributed by atoms with van der Waals surface area (Å²) in [6, 6.07) is 14.4. The average Bonchev–Trinajstić information content (AvgIpc) is 2.88. The lowest BCUT2D eigenvalue weighted by Crippen LogP contribution is -2.10. The van der Waals surface area contributed by atoms with Crippen LogP contribution in [-0.2, 0) is 6.42 Å². The fourth-order valence-electron chi connectivity index (χ4n) is 1.56. The van der Waals surface area contributed by atoms with E-state index in [0.29, 0.717) is 0 Å². The zero-order chi connectivity index (χ0) is 11.9. The van der Waals surface area contributed by atoms with E-state index in [-0.39, 0.29) is 6.10 Å². The molecule has 1 N–H and O–H groups in total. The first-order valence-corrected chi connectivity index (χ1v) is 7.59. The van der Waals surface area contributed by atoms with Crippen LogP contribution in [0, 0.1) is 0 Å². The van der Waals surface area contributed by atoms with Gasteiger partial charge >= 0.3 is 0 Å². The Labute approximate surface area is 111 Å². The predicted octanol–water partition coefficient (Wildman–Crippen LogP) is 3.83. The Morgan fingerprint density at radius 3 is 2.65 bits per heavy atom. The van der Waals surface area contributed by atoms with Gasteiger partial charge in [0.2, 0.25) is 0 Å². The Hall–Kier alpha value is -0.770. The maximum Gasteiger partial charge on any atom is 0.0637 e. The Kier molecular flexibility index (Phi) is 5.10. The van der Waals surface area contributed by atoms with Gasteiger partial charge in [-0.1, -0.05) is 24.3 Å². The molecule has 90 valence electrons. The second-order valence-corrected chi connectivity index (χ2v) is 6.02. The van der Waals surface area contributed by atoms with Gasteiger partial charge in [-0.05, 0) is 36.4 Å². The molecule has 0 aliphatic carbocycles. The summed E-state index contributed by atoms with van der Waals surface area (Å²) in [5.74, 6) is 0.773. The molecular weight excluding hydrogens is 248 g/mol. The van der Waals surface area contributed by atoms with Gasteiger partial charge in [0, 0.05) is 15.5 Å². The first-order chi connectivity index (χ1) is 8.34. The van der Waals surface area contributed by atoms with Gasteiger partial charge in [-0.15, -0.1) is 23.1 Å². The van der Waals surface area contributed by atoms with E-state index in [9.17, 15) is 5.11 Å². The number of aliphatic hydroxyl groups is 1. The highest BCUT2D eigenvalue weighted by atomic mass is 32.2. The number of hydrogen-bond donors (Lipinski definition) is 1. The Morgan fingerprint density at radius 1 is 1.12 bits per heavy atom. The molecule has 0 bridgehead atoms. The normalized spacial score (nSPS) is 12.5. The summed E-state index contributed by atoms with van der Waals surface area (Å²) in [5.41, 5.74) is 0. The van der Waals surface area contributed by atoms with E-state index in [2.05, 4.69) is 29.6 Å². The molecule has 1 unspecified atom stereocenters. The van der Waals surface area contributed by atoms with Crippen LogP contribution in [0.15, 0.2) is 52.7 Å². The first kappa shape index (κ1) is 12.7. The van der Waals surface area contributed by atoms with Crippen molar-refractivity contribution in [1.82, 2.24) is 0 Å². The molecule has 1 nitrogen and oxygen atoms in total. The molecule has 1 aromatic carbocycles. The second-order valence-electron chi connectivity index (χ2n) is 3.90. The summed E-state index contributed by atoms with van der Waals surface area (Å²) in [6.07, 6.45) is 1.61. The first-order valence-electron chi connectivity index (χ1n) is 5.73. The lowest BCUT2D eigenvalue weighted by atomic mass is 10.2. The monoisotopic (exact) mass is 264 g/mol. The van der Waals surface area contributed by atoms with Gasteiger partial charge < -0.3 is 5.11 Å². The SMILES string of the molecule is OC(CCc1cccs1)CSc1ccccc1. The van der Waals surface area contributed by atoms with Crippen molar-refractivity contribution in [3.8, 4) is 0 Å². The number of thiophene rings is 1. The molecule has 0 fully saturated rings. The van der Waals surface area contributed by atoms with Crippen molar-refractivity contribution in [3.05, 3.63) is 52.7 Å². The number of thioether (sulfide) groups is 1. The van der Waals surface area contributed by atoms with E-state index >= 15 is 0 Å². The van der Waals surface area contributed by atoms with Crippen LogP contribution in [0.1, 0.15) is 11.3 Å². The van der Waals surface area contributed by atoms with Gasteiger partial charge in [-0.2, -0.15) is 0 Å². The van der Waals surface area contributed by atoms with E-state index in [4.69, 9.17) is 0 Å². The highest BCUT2D eigenvalue weighted by molar-refractivity contribution is 7.99. The van der Waals surface area contributed by atoms with Crippen LogP contribution in [-0.4, -0.2) is 17.0 Å².